The largest absolute Gasteiger partial charge is 0.302 e. The van der Waals surface area contributed by atoms with E-state index in [1.54, 1.807) is 18.0 Å². The van der Waals surface area contributed by atoms with Gasteiger partial charge in [0.2, 0.25) is 5.91 Å². The van der Waals surface area contributed by atoms with Gasteiger partial charge in [0.05, 0.1) is 16.3 Å². The van der Waals surface area contributed by atoms with Gasteiger partial charge in [-0.05, 0) is 56.2 Å². The summed E-state index contributed by atoms with van der Waals surface area (Å²) in [7, 11) is 0. The maximum absolute atomic E-state index is 12.2. The monoisotopic (exact) mass is 383 g/mol. The van der Waals surface area contributed by atoms with E-state index in [0.29, 0.717) is 11.6 Å². The van der Waals surface area contributed by atoms with Gasteiger partial charge in [-0.2, -0.15) is 0 Å². The molecule has 134 valence electrons. The van der Waals surface area contributed by atoms with Crippen LogP contribution in [0.25, 0.3) is 10.6 Å². The average Bonchev–Trinajstić information content (AvgIpc) is 2.99. The Kier molecular flexibility index (Phi) is 6.06. The highest BCUT2D eigenvalue weighted by Crippen LogP contribution is 2.31. The second kappa shape index (κ2) is 8.47. The third kappa shape index (κ3) is 4.71. The smallest absolute Gasteiger partial charge is 0.226 e. The Morgan fingerprint density at radius 2 is 2.00 bits per heavy atom. The fraction of sp³-hybridized carbons (Fsp3) is 0.250. The first-order valence-corrected chi connectivity index (χ1v) is 10.2. The number of hydrogen-bond donors (Lipinski definition) is 1. The van der Waals surface area contributed by atoms with E-state index in [-0.39, 0.29) is 5.91 Å². The van der Waals surface area contributed by atoms with Crippen molar-refractivity contribution in [1.82, 2.24) is 9.97 Å². The van der Waals surface area contributed by atoms with Crippen molar-refractivity contribution in [3.8, 4) is 10.6 Å². The molecule has 1 amide bonds. The van der Waals surface area contributed by atoms with Crippen LogP contribution < -0.4 is 5.32 Å². The van der Waals surface area contributed by atoms with E-state index < -0.39 is 0 Å². The van der Waals surface area contributed by atoms with Crippen LogP contribution in [0.3, 0.4) is 0 Å². The number of carbonyl (C=O) groups is 1. The van der Waals surface area contributed by atoms with E-state index in [1.165, 1.54) is 27.4 Å². The first kappa shape index (κ1) is 18.6. The molecule has 0 radical (unpaired) electrons. The molecule has 4 nitrogen and oxygen atoms in total. The predicted octanol–water partition coefficient (Wildman–Crippen LogP) is 5.25. The molecule has 3 aromatic rings. The molecule has 0 fully saturated rings. The third-order valence-electron chi connectivity index (χ3n) is 4.02. The van der Waals surface area contributed by atoms with Gasteiger partial charge in [-0.15, -0.1) is 11.8 Å². The third-order valence-corrected chi connectivity index (χ3v) is 6.11. The molecule has 0 saturated carbocycles. The highest BCUT2D eigenvalue weighted by Gasteiger charge is 2.12. The molecule has 0 unspecified atom stereocenters. The number of pyridine rings is 1. The average molecular weight is 384 g/mol. The Bertz CT molecular complexity index is 907. The van der Waals surface area contributed by atoms with Gasteiger partial charge in [0.1, 0.15) is 0 Å². The molecule has 2 aromatic heterocycles. The summed E-state index contributed by atoms with van der Waals surface area (Å²) >= 11 is 3.16. The number of rotatable bonds is 6. The summed E-state index contributed by atoms with van der Waals surface area (Å²) in [5.41, 5.74) is 4.33. The van der Waals surface area contributed by atoms with Crippen molar-refractivity contribution in [2.24, 2.45) is 0 Å². The van der Waals surface area contributed by atoms with Crippen molar-refractivity contribution in [3.63, 3.8) is 0 Å². The van der Waals surface area contributed by atoms with Crippen molar-refractivity contribution in [3.05, 3.63) is 59.4 Å². The van der Waals surface area contributed by atoms with Crippen molar-refractivity contribution >= 4 is 34.1 Å². The topological polar surface area (TPSA) is 54.9 Å². The molecule has 0 aliphatic rings. The molecule has 0 bridgehead atoms. The number of aromatic nitrogens is 2. The molecule has 0 spiro atoms. The van der Waals surface area contributed by atoms with Gasteiger partial charge < -0.3 is 5.32 Å². The predicted molar refractivity (Wildman–Crippen MR) is 110 cm³/mol. The summed E-state index contributed by atoms with van der Waals surface area (Å²) in [6, 6.07) is 12.2. The number of hydrogen-bond acceptors (Lipinski definition) is 5. The first-order valence-electron chi connectivity index (χ1n) is 8.41. The summed E-state index contributed by atoms with van der Waals surface area (Å²) in [4.78, 5) is 23.2. The van der Waals surface area contributed by atoms with Gasteiger partial charge in [0, 0.05) is 23.3 Å². The van der Waals surface area contributed by atoms with Crippen LogP contribution in [0.2, 0.25) is 0 Å². The molecular formula is C20H21N3OS2. The maximum Gasteiger partial charge on any atom is 0.226 e. The van der Waals surface area contributed by atoms with E-state index >= 15 is 0 Å². The molecule has 0 saturated heterocycles. The summed E-state index contributed by atoms with van der Waals surface area (Å²) in [6.07, 6.45) is 2.21. The van der Waals surface area contributed by atoms with E-state index in [2.05, 4.69) is 47.3 Å². The Labute approximate surface area is 162 Å². The Morgan fingerprint density at radius 1 is 1.15 bits per heavy atom. The molecule has 0 atom stereocenters. The Morgan fingerprint density at radius 3 is 2.73 bits per heavy atom. The fourth-order valence-electron chi connectivity index (χ4n) is 2.43. The van der Waals surface area contributed by atoms with Crippen LogP contribution in [0, 0.1) is 20.8 Å². The molecule has 3 rings (SSSR count). The Balaban J connectivity index is 1.54. The zero-order chi connectivity index (χ0) is 18.5. The minimum absolute atomic E-state index is 0.0114. The molecule has 1 aromatic carbocycles. The van der Waals surface area contributed by atoms with Crippen molar-refractivity contribution < 1.29 is 4.79 Å². The number of nitrogens with one attached hydrogen (secondary N) is 1. The van der Waals surface area contributed by atoms with Gasteiger partial charge in [0.15, 0.2) is 5.13 Å². The molecule has 0 aliphatic heterocycles. The number of carbonyl (C=O) groups excluding carboxylic acids is 1. The van der Waals surface area contributed by atoms with E-state index in [4.69, 9.17) is 0 Å². The number of aryl methyl sites for hydroxylation is 3. The van der Waals surface area contributed by atoms with Gasteiger partial charge in [0.25, 0.3) is 0 Å². The fourth-order valence-corrected chi connectivity index (χ4v) is 4.34. The highest BCUT2D eigenvalue weighted by atomic mass is 32.2. The molecule has 0 aliphatic carbocycles. The first-order chi connectivity index (χ1) is 12.5. The molecule has 6 heteroatoms. The summed E-state index contributed by atoms with van der Waals surface area (Å²) in [5.74, 6) is 0.730. The zero-order valence-corrected chi connectivity index (χ0v) is 16.7. The van der Waals surface area contributed by atoms with Crippen molar-refractivity contribution in [2.45, 2.75) is 32.1 Å². The minimum Gasteiger partial charge on any atom is -0.302 e. The quantitative estimate of drug-likeness (QED) is 0.591. The second-order valence-electron chi connectivity index (χ2n) is 6.04. The van der Waals surface area contributed by atoms with Gasteiger partial charge >= 0.3 is 0 Å². The van der Waals surface area contributed by atoms with Crippen LogP contribution in [0.4, 0.5) is 5.13 Å². The molecular weight excluding hydrogens is 362 g/mol. The molecule has 26 heavy (non-hydrogen) atoms. The number of anilines is 1. The lowest BCUT2D eigenvalue weighted by Gasteiger charge is -2.05. The van der Waals surface area contributed by atoms with Crippen molar-refractivity contribution in [2.75, 3.05) is 11.1 Å². The highest BCUT2D eigenvalue weighted by molar-refractivity contribution is 7.99. The van der Waals surface area contributed by atoms with Gasteiger partial charge in [-0.3, -0.25) is 9.78 Å². The number of benzene rings is 1. The number of thiazole rings is 1. The lowest BCUT2D eigenvalue weighted by atomic mass is 10.1. The van der Waals surface area contributed by atoms with Crippen LogP contribution in [-0.4, -0.2) is 21.6 Å². The van der Waals surface area contributed by atoms with Crippen molar-refractivity contribution in [1.29, 1.82) is 0 Å². The SMILES string of the molecule is Cc1ccc(SCCC(=O)Nc2nc(C)c(-c3ccccn3)s2)cc1C. The van der Waals surface area contributed by atoms with E-state index in [1.807, 2.05) is 25.1 Å². The summed E-state index contributed by atoms with van der Waals surface area (Å²) in [6.45, 7) is 6.15. The molecule has 1 N–H and O–H groups in total. The number of thioether (sulfide) groups is 1. The lowest BCUT2D eigenvalue weighted by Crippen LogP contribution is -2.11. The zero-order valence-electron chi connectivity index (χ0n) is 15.1. The number of nitrogens with zero attached hydrogens (tertiary/aromatic N) is 2. The van der Waals surface area contributed by atoms with Gasteiger partial charge in [-0.1, -0.05) is 23.5 Å². The maximum atomic E-state index is 12.2. The summed E-state index contributed by atoms with van der Waals surface area (Å²) in [5, 5.41) is 3.54. The van der Waals surface area contributed by atoms with E-state index in [9.17, 15) is 4.79 Å². The summed E-state index contributed by atoms with van der Waals surface area (Å²) < 4.78 is 0. The normalized spacial score (nSPS) is 10.7. The van der Waals surface area contributed by atoms with Crippen LogP contribution in [0.1, 0.15) is 23.2 Å². The van der Waals surface area contributed by atoms with Crippen LogP contribution in [0.15, 0.2) is 47.5 Å². The van der Waals surface area contributed by atoms with Crippen LogP contribution in [-0.2, 0) is 4.79 Å². The Hall–Kier alpha value is -2.18. The standard InChI is InChI=1S/C20H21N3OS2/c1-13-7-8-16(12-14(13)2)25-11-9-18(24)23-20-22-15(3)19(26-20)17-6-4-5-10-21-17/h4-8,10,12H,9,11H2,1-3H3,(H,22,23,24). The van der Waals surface area contributed by atoms with E-state index in [0.717, 1.165) is 22.0 Å². The van der Waals surface area contributed by atoms with Crippen LogP contribution in [0.5, 0.6) is 0 Å². The second-order valence-corrected chi connectivity index (χ2v) is 8.21. The van der Waals surface area contributed by atoms with Gasteiger partial charge in [-0.25, -0.2) is 4.98 Å². The minimum atomic E-state index is -0.0114. The van der Waals surface area contributed by atoms with Crippen LogP contribution >= 0.6 is 23.1 Å². The molecule has 2 heterocycles. The lowest BCUT2D eigenvalue weighted by molar-refractivity contribution is -0.115. The number of amides is 1.